The van der Waals surface area contributed by atoms with E-state index < -0.39 is 13.0 Å². The minimum absolute atomic E-state index is 0.0643. The van der Waals surface area contributed by atoms with Crippen LogP contribution in [0.2, 0.25) is 0 Å². The summed E-state index contributed by atoms with van der Waals surface area (Å²) in [5.74, 6) is -2.65. The van der Waals surface area contributed by atoms with Crippen LogP contribution in [-0.2, 0) is 5.41 Å². The number of alkyl halides is 2. The van der Waals surface area contributed by atoms with Gasteiger partial charge in [-0.05, 0) is 30.4 Å². The van der Waals surface area contributed by atoms with Gasteiger partial charge in [0, 0.05) is 35.6 Å². The Morgan fingerprint density at radius 3 is 2.29 bits per heavy atom. The highest BCUT2D eigenvalue weighted by Gasteiger charge is 2.37. The number of aromatic nitrogens is 1. The van der Waals surface area contributed by atoms with E-state index in [2.05, 4.69) is 4.98 Å². The zero-order valence-electron chi connectivity index (χ0n) is 12.7. The highest BCUT2D eigenvalue weighted by atomic mass is 19.3. The Morgan fingerprint density at radius 2 is 1.81 bits per heavy atom. The molecule has 1 aromatic heterocycles. The van der Waals surface area contributed by atoms with Crippen LogP contribution in [0.5, 0.6) is 0 Å². The molecule has 0 amide bonds. The Bertz CT molecular complexity index is 505. The number of hydrogen-bond donors (Lipinski definition) is 2. The molecule has 0 aromatic carbocycles. The molecule has 0 atom stereocenters. The van der Waals surface area contributed by atoms with Crippen LogP contribution < -0.4 is 5.46 Å². The van der Waals surface area contributed by atoms with Crippen LogP contribution in [0.15, 0.2) is 12.3 Å². The number of hydrogen-bond acceptors (Lipinski definition) is 3. The molecule has 0 spiro atoms. The summed E-state index contributed by atoms with van der Waals surface area (Å²) in [5.41, 5.74) is 1.74. The average molecular weight is 297 g/mol. The molecular formula is C15H22BF2NO2. The summed E-state index contributed by atoms with van der Waals surface area (Å²) in [4.78, 5) is 4.29. The first-order valence-electron chi connectivity index (χ1n) is 7.34. The summed E-state index contributed by atoms with van der Waals surface area (Å²) in [5, 5.41) is 19.0. The van der Waals surface area contributed by atoms with E-state index in [0.717, 1.165) is 11.3 Å². The molecule has 0 radical (unpaired) electrons. The lowest BCUT2D eigenvalue weighted by Gasteiger charge is -2.30. The van der Waals surface area contributed by atoms with Crippen molar-refractivity contribution in [2.24, 2.45) is 0 Å². The van der Waals surface area contributed by atoms with Crippen LogP contribution in [0.1, 0.15) is 63.6 Å². The minimum atomic E-state index is -2.59. The monoisotopic (exact) mass is 297 g/mol. The van der Waals surface area contributed by atoms with Crippen molar-refractivity contribution >= 4 is 12.6 Å². The molecule has 2 rings (SSSR count). The number of nitrogens with zero attached hydrogens (tertiary/aromatic N) is 1. The van der Waals surface area contributed by atoms with Gasteiger partial charge in [0.1, 0.15) is 0 Å². The number of halogens is 2. The first-order valence-corrected chi connectivity index (χ1v) is 7.34. The third kappa shape index (κ3) is 3.80. The van der Waals surface area contributed by atoms with E-state index in [1.165, 1.54) is 6.20 Å². The number of rotatable bonds is 2. The van der Waals surface area contributed by atoms with Gasteiger partial charge in [-0.2, -0.15) is 0 Å². The Balaban J connectivity index is 2.36. The Kier molecular flexibility index (Phi) is 4.40. The van der Waals surface area contributed by atoms with E-state index in [4.69, 9.17) is 0 Å². The van der Waals surface area contributed by atoms with Gasteiger partial charge in [-0.3, -0.25) is 4.98 Å². The SMILES string of the molecule is CC(C)(C)c1cc(C2CCC(F)(F)CC2)c(B(O)O)cn1. The van der Waals surface area contributed by atoms with Crippen LogP contribution in [-0.4, -0.2) is 28.1 Å². The van der Waals surface area contributed by atoms with Crippen molar-refractivity contribution in [3.63, 3.8) is 0 Å². The van der Waals surface area contributed by atoms with Gasteiger partial charge in [0.15, 0.2) is 0 Å². The van der Waals surface area contributed by atoms with Crippen LogP contribution >= 0.6 is 0 Å². The summed E-state index contributed by atoms with van der Waals surface area (Å²) in [6.07, 6.45) is 1.89. The van der Waals surface area contributed by atoms with Gasteiger partial charge in [-0.25, -0.2) is 8.78 Å². The van der Waals surface area contributed by atoms with Gasteiger partial charge in [0.25, 0.3) is 0 Å². The summed E-state index contributed by atoms with van der Waals surface area (Å²) in [6.45, 7) is 6.05. The molecule has 116 valence electrons. The highest BCUT2D eigenvalue weighted by Crippen LogP contribution is 2.40. The highest BCUT2D eigenvalue weighted by molar-refractivity contribution is 6.59. The molecule has 0 aliphatic heterocycles. The molecule has 1 fully saturated rings. The lowest BCUT2D eigenvalue weighted by atomic mass is 9.70. The largest absolute Gasteiger partial charge is 0.490 e. The summed E-state index contributed by atoms with van der Waals surface area (Å²) < 4.78 is 26.6. The summed E-state index contributed by atoms with van der Waals surface area (Å²) >= 11 is 0. The van der Waals surface area contributed by atoms with E-state index in [-0.39, 0.29) is 24.2 Å². The summed E-state index contributed by atoms with van der Waals surface area (Å²) in [6, 6.07) is 1.85. The van der Waals surface area contributed by atoms with E-state index in [9.17, 15) is 18.8 Å². The third-order valence-electron chi connectivity index (χ3n) is 4.17. The van der Waals surface area contributed by atoms with Crippen molar-refractivity contribution in [2.45, 2.75) is 63.7 Å². The Hall–Kier alpha value is -1.01. The smallest absolute Gasteiger partial charge is 0.423 e. The minimum Gasteiger partial charge on any atom is -0.423 e. The van der Waals surface area contributed by atoms with Crippen molar-refractivity contribution in [1.29, 1.82) is 0 Å². The Morgan fingerprint density at radius 1 is 1.24 bits per heavy atom. The molecule has 0 bridgehead atoms. The molecule has 1 heterocycles. The second-order valence-electron chi connectivity index (χ2n) is 6.95. The molecule has 3 nitrogen and oxygen atoms in total. The van der Waals surface area contributed by atoms with E-state index in [1.54, 1.807) is 0 Å². The summed E-state index contributed by atoms with van der Waals surface area (Å²) in [7, 11) is -1.62. The zero-order chi connectivity index (χ0) is 15.8. The fraction of sp³-hybridized carbons (Fsp3) is 0.667. The quantitative estimate of drug-likeness (QED) is 0.824. The average Bonchev–Trinajstić information content (AvgIpc) is 2.37. The molecule has 2 N–H and O–H groups in total. The van der Waals surface area contributed by atoms with Crippen LogP contribution in [0.25, 0.3) is 0 Å². The molecule has 6 heteroatoms. The maximum absolute atomic E-state index is 13.3. The first kappa shape index (κ1) is 16.4. The third-order valence-corrected chi connectivity index (χ3v) is 4.17. The van der Waals surface area contributed by atoms with Crippen molar-refractivity contribution in [1.82, 2.24) is 4.98 Å². The van der Waals surface area contributed by atoms with Crippen molar-refractivity contribution in [2.75, 3.05) is 0 Å². The van der Waals surface area contributed by atoms with Gasteiger partial charge in [-0.1, -0.05) is 20.8 Å². The van der Waals surface area contributed by atoms with E-state index >= 15 is 0 Å². The molecule has 0 saturated heterocycles. The van der Waals surface area contributed by atoms with Crippen molar-refractivity contribution in [3.8, 4) is 0 Å². The molecule has 1 saturated carbocycles. The van der Waals surface area contributed by atoms with Crippen LogP contribution in [0, 0.1) is 0 Å². The lowest BCUT2D eigenvalue weighted by molar-refractivity contribution is -0.0381. The number of pyridine rings is 1. The van der Waals surface area contributed by atoms with Gasteiger partial charge in [0.05, 0.1) is 0 Å². The fourth-order valence-corrected chi connectivity index (χ4v) is 2.81. The molecule has 0 unspecified atom stereocenters. The van der Waals surface area contributed by atoms with Crippen molar-refractivity contribution in [3.05, 3.63) is 23.5 Å². The maximum atomic E-state index is 13.3. The lowest BCUT2D eigenvalue weighted by Crippen LogP contribution is -2.37. The second-order valence-corrected chi connectivity index (χ2v) is 6.95. The standard InChI is InChI=1S/C15H22BF2NO2/c1-14(2,3)13-8-11(12(9-19-13)16(20)21)10-4-6-15(17,18)7-5-10/h8-10,20-21H,4-7H2,1-3H3. The van der Waals surface area contributed by atoms with Gasteiger partial charge >= 0.3 is 7.12 Å². The maximum Gasteiger partial charge on any atom is 0.490 e. The normalized spacial score (nSPS) is 19.6. The predicted octanol–water partition coefficient (Wildman–Crippen LogP) is 2.35. The second kappa shape index (κ2) is 5.65. The van der Waals surface area contributed by atoms with E-state index in [0.29, 0.717) is 18.3 Å². The molecule has 1 aromatic rings. The van der Waals surface area contributed by atoms with Gasteiger partial charge in [0.2, 0.25) is 5.92 Å². The molecular weight excluding hydrogens is 275 g/mol. The molecule has 1 aliphatic rings. The fourth-order valence-electron chi connectivity index (χ4n) is 2.81. The topological polar surface area (TPSA) is 53.4 Å². The molecule has 21 heavy (non-hydrogen) atoms. The van der Waals surface area contributed by atoms with Crippen molar-refractivity contribution < 1.29 is 18.8 Å². The van der Waals surface area contributed by atoms with E-state index in [1.807, 2.05) is 26.8 Å². The Labute approximate surface area is 124 Å². The van der Waals surface area contributed by atoms with Gasteiger partial charge < -0.3 is 10.0 Å². The van der Waals surface area contributed by atoms with Crippen LogP contribution in [0.4, 0.5) is 8.78 Å². The van der Waals surface area contributed by atoms with Gasteiger partial charge in [-0.15, -0.1) is 0 Å². The zero-order valence-corrected chi connectivity index (χ0v) is 12.7. The van der Waals surface area contributed by atoms with Crippen LogP contribution in [0.3, 0.4) is 0 Å². The molecule has 1 aliphatic carbocycles. The first-order chi connectivity index (χ1) is 9.60. The predicted molar refractivity (Wildman–Crippen MR) is 78.9 cm³/mol.